The second-order valence-electron chi connectivity index (χ2n) is 6.55. The lowest BCUT2D eigenvalue weighted by atomic mass is 9.97. The molecule has 0 radical (unpaired) electrons. The topological polar surface area (TPSA) is 88.3 Å². The van der Waals surface area contributed by atoms with Crippen LogP contribution in [-0.2, 0) is 4.79 Å². The van der Waals surface area contributed by atoms with Gasteiger partial charge in [-0.25, -0.2) is 9.97 Å². The van der Waals surface area contributed by atoms with E-state index in [2.05, 4.69) is 30.4 Å². The highest BCUT2D eigenvalue weighted by Crippen LogP contribution is 2.21. The molecule has 0 aromatic carbocycles. The number of pyridine rings is 1. The molecular formula is C18H21N7O. The van der Waals surface area contributed by atoms with E-state index in [0.29, 0.717) is 12.5 Å². The number of carbonyl (C=O) groups is 1. The van der Waals surface area contributed by atoms with Crippen molar-refractivity contribution in [2.75, 3.05) is 18.0 Å². The summed E-state index contributed by atoms with van der Waals surface area (Å²) in [5.74, 6) is 1.36. The Bertz CT molecular complexity index is 895. The van der Waals surface area contributed by atoms with E-state index in [1.807, 2.05) is 35.7 Å². The molecule has 1 fully saturated rings. The molecule has 8 nitrogen and oxygen atoms in total. The molecule has 2 atom stereocenters. The monoisotopic (exact) mass is 351 g/mol. The lowest BCUT2D eigenvalue weighted by Gasteiger charge is -2.32. The molecule has 0 spiro atoms. The predicted molar refractivity (Wildman–Crippen MR) is 96.5 cm³/mol. The van der Waals surface area contributed by atoms with E-state index >= 15 is 0 Å². The van der Waals surface area contributed by atoms with Crippen LogP contribution < -0.4 is 10.2 Å². The van der Waals surface area contributed by atoms with Gasteiger partial charge >= 0.3 is 0 Å². The number of amides is 1. The number of nitrogens with one attached hydrogen (secondary N) is 1. The van der Waals surface area contributed by atoms with Crippen molar-refractivity contribution in [3.63, 3.8) is 0 Å². The first-order chi connectivity index (χ1) is 12.7. The first-order valence-corrected chi connectivity index (χ1v) is 8.84. The zero-order valence-electron chi connectivity index (χ0n) is 14.6. The quantitative estimate of drug-likeness (QED) is 0.768. The summed E-state index contributed by atoms with van der Waals surface area (Å²) in [4.78, 5) is 23.4. The van der Waals surface area contributed by atoms with Gasteiger partial charge in [0.25, 0.3) is 0 Å². The summed E-state index contributed by atoms with van der Waals surface area (Å²) in [6.45, 7) is 3.43. The Morgan fingerprint density at radius 3 is 2.92 bits per heavy atom. The van der Waals surface area contributed by atoms with Crippen molar-refractivity contribution in [3.05, 3.63) is 48.7 Å². The van der Waals surface area contributed by atoms with Crippen LogP contribution in [0.15, 0.2) is 42.9 Å². The molecule has 0 aliphatic carbocycles. The van der Waals surface area contributed by atoms with Crippen molar-refractivity contribution < 1.29 is 4.79 Å². The zero-order chi connectivity index (χ0) is 17.9. The van der Waals surface area contributed by atoms with E-state index in [4.69, 9.17) is 0 Å². The van der Waals surface area contributed by atoms with Crippen LogP contribution >= 0.6 is 0 Å². The Morgan fingerprint density at radius 1 is 1.23 bits per heavy atom. The lowest BCUT2D eigenvalue weighted by Crippen LogP contribution is -2.44. The number of carbonyl (C=O) groups excluding carboxylic acids is 1. The molecule has 4 rings (SSSR count). The Labute approximate surface area is 151 Å². The van der Waals surface area contributed by atoms with Crippen molar-refractivity contribution in [2.45, 2.75) is 25.8 Å². The summed E-state index contributed by atoms with van der Waals surface area (Å²) in [5, 5.41) is 11.5. The van der Waals surface area contributed by atoms with Gasteiger partial charge in [0.15, 0.2) is 11.5 Å². The van der Waals surface area contributed by atoms with Gasteiger partial charge in [-0.15, -0.1) is 10.2 Å². The van der Waals surface area contributed by atoms with E-state index in [1.165, 1.54) is 0 Å². The van der Waals surface area contributed by atoms with Gasteiger partial charge in [-0.05, 0) is 38.0 Å². The lowest BCUT2D eigenvalue weighted by molar-refractivity contribution is -0.126. The number of hydrogen-bond donors (Lipinski definition) is 1. The number of aromatic nitrogens is 5. The molecule has 1 amide bonds. The average Bonchev–Trinajstić information content (AvgIpc) is 3.13. The van der Waals surface area contributed by atoms with Gasteiger partial charge in [-0.3, -0.25) is 9.20 Å². The minimum Gasteiger partial charge on any atom is -0.346 e. The fourth-order valence-electron chi connectivity index (χ4n) is 3.38. The maximum absolute atomic E-state index is 12.8. The first-order valence-electron chi connectivity index (χ1n) is 8.84. The second-order valence-corrected chi connectivity index (χ2v) is 6.55. The Kier molecular flexibility index (Phi) is 4.47. The van der Waals surface area contributed by atoms with E-state index in [-0.39, 0.29) is 17.9 Å². The zero-order valence-corrected chi connectivity index (χ0v) is 14.6. The molecule has 4 heterocycles. The molecule has 3 aromatic rings. The molecule has 1 aliphatic rings. The summed E-state index contributed by atoms with van der Waals surface area (Å²) >= 11 is 0. The van der Waals surface area contributed by atoms with Gasteiger partial charge in [0.2, 0.25) is 11.9 Å². The predicted octanol–water partition coefficient (Wildman–Crippen LogP) is 1.61. The van der Waals surface area contributed by atoms with E-state index in [9.17, 15) is 4.79 Å². The molecule has 8 heteroatoms. The second kappa shape index (κ2) is 7.07. The molecule has 0 saturated carbocycles. The van der Waals surface area contributed by atoms with Crippen LogP contribution in [0.2, 0.25) is 0 Å². The van der Waals surface area contributed by atoms with Crippen LogP contribution in [0.25, 0.3) is 5.65 Å². The Balaban J connectivity index is 1.44. The van der Waals surface area contributed by atoms with Crippen molar-refractivity contribution >= 4 is 17.5 Å². The SMILES string of the molecule is C[C@@H](NC(=O)C1CCCN(c2ncccn2)C1)c1nnc2ccccn12. The van der Waals surface area contributed by atoms with Gasteiger partial charge in [-0.2, -0.15) is 0 Å². The highest BCUT2D eigenvalue weighted by Gasteiger charge is 2.28. The van der Waals surface area contributed by atoms with Crippen LogP contribution in [-0.4, -0.2) is 43.6 Å². The van der Waals surface area contributed by atoms with Crippen molar-refractivity contribution in [1.29, 1.82) is 0 Å². The normalized spacial score (nSPS) is 18.7. The van der Waals surface area contributed by atoms with Crippen LogP contribution in [0.1, 0.15) is 31.6 Å². The van der Waals surface area contributed by atoms with Gasteiger partial charge in [0.05, 0.1) is 12.0 Å². The molecule has 1 aliphatic heterocycles. The summed E-state index contributed by atoms with van der Waals surface area (Å²) < 4.78 is 1.90. The highest BCUT2D eigenvalue weighted by atomic mass is 16.2. The molecule has 1 saturated heterocycles. The van der Waals surface area contributed by atoms with Crippen molar-refractivity contribution in [3.8, 4) is 0 Å². The molecule has 1 N–H and O–H groups in total. The third kappa shape index (κ3) is 3.22. The van der Waals surface area contributed by atoms with Crippen molar-refractivity contribution in [1.82, 2.24) is 29.9 Å². The van der Waals surface area contributed by atoms with Crippen LogP contribution in [0.4, 0.5) is 5.95 Å². The molecule has 0 bridgehead atoms. The van der Waals surface area contributed by atoms with Crippen molar-refractivity contribution in [2.24, 2.45) is 5.92 Å². The number of hydrogen-bond acceptors (Lipinski definition) is 6. The number of anilines is 1. The van der Waals surface area contributed by atoms with E-state index < -0.39 is 0 Å². The van der Waals surface area contributed by atoms with Gasteiger partial charge < -0.3 is 10.2 Å². The summed E-state index contributed by atoms with van der Waals surface area (Å²) in [6.07, 6.45) is 7.17. The number of piperidine rings is 1. The van der Waals surface area contributed by atoms with Gasteiger partial charge in [0, 0.05) is 31.7 Å². The fourth-order valence-corrected chi connectivity index (χ4v) is 3.38. The smallest absolute Gasteiger partial charge is 0.225 e. The van der Waals surface area contributed by atoms with E-state index in [1.54, 1.807) is 18.5 Å². The standard InChI is InChI=1S/C18H21N7O/c1-13(16-23-22-15-7-2-3-11-25(15)16)21-17(26)14-6-4-10-24(12-14)18-19-8-5-9-20-18/h2-3,5,7-9,11,13-14H,4,6,10,12H2,1H3,(H,21,26)/t13-,14?/m1/s1. The summed E-state index contributed by atoms with van der Waals surface area (Å²) in [7, 11) is 0. The largest absolute Gasteiger partial charge is 0.346 e. The number of fused-ring (bicyclic) bond motifs is 1. The summed E-state index contributed by atoms with van der Waals surface area (Å²) in [5.41, 5.74) is 0.772. The van der Waals surface area contributed by atoms with Crippen LogP contribution in [0.3, 0.4) is 0 Å². The third-order valence-corrected chi connectivity index (χ3v) is 4.71. The highest BCUT2D eigenvalue weighted by molar-refractivity contribution is 5.79. The maximum Gasteiger partial charge on any atom is 0.225 e. The molecule has 1 unspecified atom stereocenters. The molecule has 134 valence electrons. The average molecular weight is 351 g/mol. The van der Waals surface area contributed by atoms with Crippen LogP contribution in [0, 0.1) is 5.92 Å². The maximum atomic E-state index is 12.8. The number of rotatable bonds is 4. The number of nitrogens with zero attached hydrogens (tertiary/aromatic N) is 6. The third-order valence-electron chi connectivity index (χ3n) is 4.71. The summed E-state index contributed by atoms with van der Waals surface area (Å²) in [6, 6.07) is 7.31. The first kappa shape index (κ1) is 16.4. The van der Waals surface area contributed by atoms with E-state index in [0.717, 1.165) is 30.9 Å². The molecule has 26 heavy (non-hydrogen) atoms. The Morgan fingerprint density at radius 2 is 2.08 bits per heavy atom. The molecular weight excluding hydrogens is 330 g/mol. The Hall–Kier alpha value is -3.03. The van der Waals surface area contributed by atoms with Crippen LogP contribution in [0.5, 0.6) is 0 Å². The van der Waals surface area contributed by atoms with Gasteiger partial charge in [0.1, 0.15) is 0 Å². The van der Waals surface area contributed by atoms with Gasteiger partial charge in [-0.1, -0.05) is 6.07 Å². The minimum absolute atomic E-state index is 0.0332. The molecule has 3 aromatic heterocycles. The minimum atomic E-state index is -0.219. The fraction of sp³-hybridized carbons (Fsp3) is 0.389.